The molecular formula is C12H19FN2O2. The van der Waals surface area contributed by atoms with Crippen LogP contribution in [0.25, 0.3) is 0 Å². The largest absolute Gasteiger partial charge is 0.495 e. The van der Waals surface area contributed by atoms with E-state index < -0.39 is 0 Å². The highest BCUT2D eigenvalue weighted by molar-refractivity contribution is 5.62. The molecule has 96 valence electrons. The lowest BCUT2D eigenvalue weighted by Gasteiger charge is -2.11. The van der Waals surface area contributed by atoms with Gasteiger partial charge >= 0.3 is 0 Å². The number of unbranched alkanes of at least 4 members (excludes halogenated alkanes) is 2. The molecule has 0 aliphatic rings. The Labute approximate surface area is 101 Å². The van der Waals surface area contributed by atoms with Crippen molar-refractivity contribution in [2.24, 2.45) is 0 Å². The van der Waals surface area contributed by atoms with Crippen LogP contribution in [-0.4, -0.2) is 25.4 Å². The number of halogens is 1. The molecule has 1 aromatic carbocycles. The zero-order valence-corrected chi connectivity index (χ0v) is 10.0. The van der Waals surface area contributed by atoms with Crippen LogP contribution in [0.5, 0.6) is 5.75 Å². The van der Waals surface area contributed by atoms with Crippen LogP contribution in [0.3, 0.4) is 0 Å². The minimum Gasteiger partial charge on any atom is -0.495 e. The van der Waals surface area contributed by atoms with Crippen LogP contribution in [0.1, 0.15) is 19.3 Å². The summed E-state index contributed by atoms with van der Waals surface area (Å²) in [5, 5.41) is 11.6. The van der Waals surface area contributed by atoms with Crippen LogP contribution in [0, 0.1) is 5.82 Å². The van der Waals surface area contributed by atoms with E-state index in [9.17, 15) is 4.39 Å². The van der Waals surface area contributed by atoms with Crippen molar-refractivity contribution in [2.75, 3.05) is 31.3 Å². The van der Waals surface area contributed by atoms with Gasteiger partial charge in [-0.15, -0.1) is 0 Å². The monoisotopic (exact) mass is 242 g/mol. The van der Waals surface area contributed by atoms with E-state index in [4.69, 9.17) is 15.6 Å². The highest BCUT2D eigenvalue weighted by Gasteiger charge is 2.07. The number of rotatable bonds is 7. The highest BCUT2D eigenvalue weighted by atomic mass is 19.1. The molecule has 0 aliphatic heterocycles. The lowest BCUT2D eigenvalue weighted by Crippen LogP contribution is -2.05. The molecule has 0 saturated carbocycles. The number of hydrogen-bond donors (Lipinski definition) is 3. The lowest BCUT2D eigenvalue weighted by molar-refractivity contribution is 0.283. The molecule has 0 bridgehead atoms. The van der Waals surface area contributed by atoms with E-state index in [1.165, 1.54) is 13.2 Å². The SMILES string of the molecule is COc1cc(NCCCCCO)c(F)cc1N. The molecule has 0 radical (unpaired) electrons. The van der Waals surface area contributed by atoms with Crippen molar-refractivity contribution in [2.45, 2.75) is 19.3 Å². The van der Waals surface area contributed by atoms with Crippen LogP contribution >= 0.6 is 0 Å². The second-order valence-corrected chi connectivity index (χ2v) is 3.79. The van der Waals surface area contributed by atoms with Crippen LogP contribution < -0.4 is 15.8 Å². The van der Waals surface area contributed by atoms with Crippen molar-refractivity contribution >= 4 is 11.4 Å². The van der Waals surface area contributed by atoms with E-state index >= 15 is 0 Å². The number of aliphatic hydroxyl groups excluding tert-OH is 1. The molecule has 0 aliphatic carbocycles. The fraction of sp³-hybridized carbons (Fsp3) is 0.500. The summed E-state index contributed by atoms with van der Waals surface area (Å²) in [5.74, 6) is 0.0784. The first-order valence-corrected chi connectivity index (χ1v) is 5.66. The van der Waals surface area contributed by atoms with Gasteiger partial charge in [0.15, 0.2) is 0 Å². The molecule has 0 heterocycles. The molecule has 0 aromatic heterocycles. The zero-order valence-electron chi connectivity index (χ0n) is 10.0. The number of nitrogens with one attached hydrogen (secondary N) is 1. The van der Waals surface area contributed by atoms with Crippen molar-refractivity contribution in [3.05, 3.63) is 17.9 Å². The van der Waals surface area contributed by atoms with Gasteiger partial charge in [0.05, 0.1) is 18.5 Å². The number of benzene rings is 1. The first-order valence-electron chi connectivity index (χ1n) is 5.66. The van der Waals surface area contributed by atoms with Gasteiger partial charge in [0.1, 0.15) is 11.6 Å². The third-order valence-electron chi connectivity index (χ3n) is 2.47. The summed E-state index contributed by atoms with van der Waals surface area (Å²) in [5.41, 5.74) is 6.25. The van der Waals surface area contributed by atoms with Crippen LogP contribution in [0.2, 0.25) is 0 Å². The molecule has 1 aromatic rings. The maximum absolute atomic E-state index is 13.5. The van der Waals surface area contributed by atoms with E-state index in [-0.39, 0.29) is 18.1 Å². The predicted molar refractivity (Wildman–Crippen MR) is 66.8 cm³/mol. The van der Waals surface area contributed by atoms with Gasteiger partial charge in [0, 0.05) is 25.3 Å². The number of hydrogen-bond acceptors (Lipinski definition) is 4. The number of anilines is 2. The molecule has 4 nitrogen and oxygen atoms in total. The summed E-state index contributed by atoms with van der Waals surface area (Å²) >= 11 is 0. The Morgan fingerprint density at radius 2 is 2.12 bits per heavy atom. The Morgan fingerprint density at radius 1 is 1.35 bits per heavy atom. The molecule has 0 saturated heterocycles. The smallest absolute Gasteiger partial charge is 0.148 e. The second-order valence-electron chi connectivity index (χ2n) is 3.79. The van der Waals surface area contributed by atoms with Crippen molar-refractivity contribution in [3.8, 4) is 5.75 Å². The fourth-order valence-electron chi connectivity index (χ4n) is 1.52. The van der Waals surface area contributed by atoms with Gasteiger partial charge in [-0.1, -0.05) is 0 Å². The number of nitrogens with two attached hydrogens (primary N) is 1. The quantitative estimate of drug-likeness (QED) is 0.505. The van der Waals surface area contributed by atoms with E-state index in [1.807, 2.05) is 0 Å². The average Bonchev–Trinajstić information content (AvgIpc) is 2.31. The Kier molecular flexibility index (Phi) is 5.56. The Balaban J connectivity index is 2.52. The van der Waals surface area contributed by atoms with Gasteiger partial charge in [-0.05, 0) is 19.3 Å². The minimum atomic E-state index is -0.384. The molecular weight excluding hydrogens is 223 g/mol. The van der Waals surface area contributed by atoms with Crippen LogP contribution in [-0.2, 0) is 0 Å². The van der Waals surface area contributed by atoms with Gasteiger partial charge in [0.25, 0.3) is 0 Å². The molecule has 5 heteroatoms. The highest BCUT2D eigenvalue weighted by Crippen LogP contribution is 2.28. The van der Waals surface area contributed by atoms with Crippen molar-refractivity contribution in [1.29, 1.82) is 0 Å². The number of methoxy groups -OCH3 is 1. The summed E-state index contributed by atoms with van der Waals surface area (Å²) in [7, 11) is 1.49. The normalized spacial score (nSPS) is 10.3. The van der Waals surface area contributed by atoms with Crippen LogP contribution in [0.15, 0.2) is 12.1 Å². The molecule has 17 heavy (non-hydrogen) atoms. The van der Waals surface area contributed by atoms with E-state index in [0.717, 1.165) is 19.3 Å². The van der Waals surface area contributed by atoms with E-state index in [2.05, 4.69) is 5.32 Å². The van der Waals surface area contributed by atoms with Gasteiger partial charge in [-0.2, -0.15) is 0 Å². The number of aliphatic hydroxyl groups is 1. The molecule has 0 amide bonds. The fourth-order valence-corrected chi connectivity index (χ4v) is 1.52. The van der Waals surface area contributed by atoms with Gasteiger partial charge in [-0.3, -0.25) is 0 Å². The number of ether oxygens (including phenoxy) is 1. The first-order chi connectivity index (χ1) is 8.19. The standard InChI is InChI=1S/C12H19FN2O2/c1-17-12-8-11(9(13)7-10(12)14)15-5-3-2-4-6-16/h7-8,15-16H,2-6,14H2,1H3. The van der Waals surface area contributed by atoms with Crippen molar-refractivity contribution < 1.29 is 14.2 Å². The second kappa shape index (κ2) is 6.96. The predicted octanol–water partition coefficient (Wildman–Crippen LogP) is 1.99. The van der Waals surface area contributed by atoms with E-state index in [1.54, 1.807) is 6.07 Å². The summed E-state index contributed by atoms with van der Waals surface area (Å²) in [6, 6.07) is 2.80. The summed E-state index contributed by atoms with van der Waals surface area (Å²) in [6.07, 6.45) is 2.57. The summed E-state index contributed by atoms with van der Waals surface area (Å²) in [6.45, 7) is 0.855. The Morgan fingerprint density at radius 3 is 2.76 bits per heavy atom. The van der Waals surface area contributed by atoms with Gasteiger partial charge in [0.2, 0.25) is 0 Å². The van der Waals surface area contributed by atoms with Crippen molar-refractivity contribution in [3.63, 3.8) is 0 Å². The van der Waals surface area contributed by atoms with Crippen molar-refractivity contribution in [1.82, 2.24) is 0 Å². The third-order valence-corrected chi connectivity index (χ3v) is 2.47. The summed E-state index contributed by atoms with van der Waals surface area (Å²) in [4.78, 5) is 0. The molecule has 0 spiro atoms. The molecule has 0 unspecified atom stereocenters. The van der Waals surface area contributed by atoms with E-state index in [0.29, 0.717) is 18.0 Å². The third kappa shape index (κ3) is 4.11. The summed E-state index contributed by atoms with van der Waals surface area (Å²) < 4.78 is 18.5. The first kappa shape index (κ1) is 13.6. The van der Waals surface area contributed by atoms with Crippen LogP contribution in [0.4, 0.5) is 15.8 Å². The maximum Gasteiger partial charge on any atom is 0.148 e. The molecule has 1 rings (SSSR count). The number of nitrogen functional groups attached to an aromatic ring is 1. The molecule has 4 N–H and O–H groups in total. The topological polar surface area (TPSA) is 67.5 Å². The minimum absolute atomic E-state index is 0.198. The van der Waals surface area contributed by atoms with Gasteiger partial charge < -0.3 is 20.9 Å². The molecule has 0 fully saturated rings. The lowest BCUT2D eigenvalue weighted by atomic mass is 10.2. The van der Waals surface area contributed by atoms with Gasteiger partial charge in [-0.25, -0.2) is 4.39 Å². The maximum atomic E-state index is 13.5. The Hall–Kier alpha value is -1.49. The average molecular weight is 242 g/mol. The zero-order chi connectivity index (χ0) is 12.7. The Bertz CT molecular complexity index is 359. The molecule has 0 atom stereocenters.